The molecule has 5 rings (SSSR count). The molecule has 0 spiro atoms. The van der Waals surface area contributed by atoms with Crippen LogP contribution in [0.5, 0.6) is 0 Å². The number of anilines is 1. The third kappa shape index (κ3) is 3.30. The maximum atomic E-state index is 14.0. The lowest BCUT2D eigenvalue weighted by atomic mass is 10.1. The number of nitrogens with zero attached hydrogens (tertiary/aromatic N) is 6. The zero-order chi connectivity index (χ0) is 21.7. The van der Waals surface area contributed by atoms with Crippen LogP contribution in [-0.2, 0) is 16.1 Å². The highest BCUT2D eigenvalue weighted by Crippen LogP contribution is 2.33. The number of aryl methyl sites for hydroxylation is 1. The average molecular weight is 485 g/mol. The first-order valence-corrected chi connectivity index (χ1v) is 10.1. The quantitative estimate of drug-likeness (QED) is 0.525. The lowest BCUT2D eigenvalue weighted by molar-refractivity contribution is -0.123. The first-order valence-electron chi connectivity index (χ1n) is 9.32. The summed E-state index contributed by atoms with van der Waals surface area (Å²) in [6.45, 7) is 1.60. The van der Waals surface area contributed by atoms with Crippen LogP contribution in [0, 0.1) is 12.7 Å². The molecule has 31 heavy (non-hydrogen) atoms. The van der Waals surface area contributed by atoms with Crippen LogP contribution in [0.1, 0.15) is 11.5 Å². The molecule has 3 heterocycles. The van der Waals surface area contributed by atoms with Gasteiger partial charge >= 0.3 is 0 Å². The minimum absolute atomic E-state index is 0.00329. The zero-order valence-corrected chi connectivity index (χ0v) is 17.7. The summed E-state index contributed by atoms with van der Waals surface area (Å²) in [5, 5.41) is 13.2. The summed E-state index contributed by atoms with van der Waals surface area (Å²) >= 11 is 3.37. The summed E-state index contributed by atoms with van der Waals surface area (Å²) in [7, 11) is 0. The van der Waals surface area contributed by atoms with Crippen molar-refractivity contribution in [1.82, 2.24) is 15.1 Å². The summed E-state index contributed by atoms with van der Waals surface area (Å²) in [4.78, 5) is 31.0. The van der Waals surface area contributed by atoms with Crippen molar-refractivity contribution in [3.8, 4) is 11.4 Å². The number of hydrogen-bond acceptors (Lipinski definition) is 8. The number of rotatable bonds is 4. The van der Waals surface area contributed by atoms with E-state index in [1.54, 1.807) is 6.92 Å². The Hall–Kier alpha value is -3.47. The van der Waals surface area contributed by atoms with Crippen molar-refractivity contribution >= 4 is 33.4 Å². The van der Waals surface area contributed by atoms with Crippen LogP contribution in [-0.4, -0.2) is 39.0 Å². The Kier molecular flexibility index (Phi) is 4.62. The molecule has 2 aliphatic rings. The highest BCUT2D eigenvalue weighted by atomic mass is 79.9. The van der Waals surface area contributed by atoms with Crippen molar-refractivity contribution in [2.75, 3.05) is 4.90 Å². The number of hydrogen-bond donors (Lipinski definition) is 0. The molecular weight excluding hydrogens is 471 g/mol. The van der Waals surface area contributed by atoms with E-state index >= 15 is 0 Å². The number of amides is 2. The largest absolute Gasteiger partial charge is 0.337 e. The maximum Gasteiger partial charge on any atom is 0.263 e. The van der Waals surface area contributed by atoms with Crippen molar-refractivity contribution in [2.45, 2.75) is 25.6 Å². The monoisotopic (exact) mass is 484 g/mol. The molecule has 156 valence electrons. The highest BCUT2D eigenvalue weighted by molar-refractivity contribution is 9.10. The minimum Gasteiger partial charge on any atom is -0.337 e. The molecule has 1 aromatic heterocycles. The van der Waals surface area contributed by atoms with E-state index in [0.29, 0.717) is 11.4 Å². The summed E-state index contributed by atoms with van der Waals surface area (Å²) < 4.78 is 20.2. The van der Waals surface area contributed by atoms with Crippen molar-refractivity contribution in [3.05, 3.63) is 64.2 Å². The smallest absolute Gasteiger partial charge is 0.263 e. The summed E-state index contributed by atoms with van der Waals surface area (Å²) in [6, 6.07) is 9.65. The summed E-state index contributed by atoms with van der Waals surface area (Å²) in [5.41, 5.74) is 1.35. The molecule has 0 unspecified atom stereocenters. The number of imide groups is 1. The van der Waals surface area contributed by atoms with E-state index in [1.165, 1.54) is 17.1 Å². The number of fused-ring (bicyclic) bond motifs is 1. The molecule has 0 N–H and O–H groups in total. The predicted octanol–water partition coefficient (Wildman–Crippen LogP) is 3.44. The van der Waals surface area contributed by atoms with E-state index in [4.69, 9.17) is 4.52 Å². The molecule has 2 amide bonds. The maximum absolute atomic E-state index is 14.0. The number of aromatic nitrogens is 2. The fraction of sp³-hybridized carbons (Fsp3) is 0.200. The summed E-state index contributed by atoms with van der Waals surface area (Å²) in [5.74, 6) is -0.972. The van der Waals surface area contributed by atoms with Gasteiger partial charge in [-0.3, -0.25) is 14.6 Å². The molecule has 9 nitrogen and oxygen atoms in total. The molecule has 0 bridgehead atoms. The number of carbonyl (C=O) groups excluding carboxylic acids is 2. The molecular formula is C20H14BrFN6O3. The van der Waals surface area contributed by atoms with Gasteiger partial charge in [0.25, 0.3) is 11.8 Å². The SMILES string of the molecule is Cc1ccc(N2C(=O)[C@H]3N=NN(Cc4nc(-c5ccc(Br)cc5)no4)[C@H]3C2=O)cc1F. The van der Waals surface area contributed by atoms with Crippen LogP contribution >= 0.6 is 15.9 Å². The lowest BCUT2D eigenvalue weighted by Gasteiger charge is -2.19. The second-order valence-corrected chi connectivity index (χ2v) is 8.07. The number of benzene rings is 2. The molecule has 1 saturated heterocycles. The molecule has 2 atom stereocenters. The van der Waals surface area contributed by atoms with E-state index < -0.39 is 29.7 Å². The number of carbonyl (C=O) groups is 2. The third-order valence-electron chi connectivity index (χ3n) is 5.14. The Labute approximate surface area is 183 Å². The van der Waals surface area contributed by atoms with E-state index in [-0.39, 0.29) is 18.1 Å². The van der Waals surface area contributed by atoms with Crippen LogP contribution in [0.4, 0.5) is 10.1 Å². The van der Waals surface area contributed by atoms with Gasteiger partial charge in [-0.1, -0.05) is 32.4 Å². The van der Waals surface area contributed by atoms with Crippen molar-refractivity contribution in [3.63, 3.8) is 0 Å². The van der Waals surface area contributed by atoms with Gasteiger partial charge in [-0.05, 0) is 48.9 Å². The van der Waals surface area contributed by atoms with Crippen molar-refractivity contribution in [1.29, 1.82) is 0 Å². The van der Waals surface area contributed by atoms with Gasteiger partial charge in [0.1, 0.15) is 12.4 Å². The molecule has 1 fully saturated rings. The molecule has 0 saturated carbocycles. The van der Waals surface area contributed by atoms with Gasteiger partial charge in [0.2, 0.25) is 11.7 Å². The van der Waals surface area contributed by atoms with Crippen LogP contribution in [0.15, 0.2) is 61.8 Å². The fourth-order valence-corrected chi connectivity index (χ4v) is 3.77. The van der Waals surface area contributed by atoms with E-state index in [0.717, 1.165) is 21.0 Å². The zero-order valence-electron chi connectivity index (χ0n) is 16.1. The second-order valence-electron chi connectivity index (χ2n) is 7.16. The van der Waals surface area contributed by atoms with Crippen LogP contribution in [0.3, 0.4) is 0 Å². The lowest BCUT2D eigenvalue weighted by Crippen LogP contribution is -2.39. The Bertz CT molecular complexity index is 1230. The molecule has 11 heteroatoms. The van der Waals surface area contributed by atoms with Gasteiger partial charge < -0.3 is 4.52 Å². The van der Waals surface area contributed by atoms with E-state index in [9.17, 15) is 14.0 Å². The second kappa shape index (κ2) is 7.34. The molecule has 0 radical (unpaired) electrons. The Morgan fingerprint density at radius 3 is 2.65 bits per heavy atom. The molecule has 0 aliphatic carbocycles. The topological polar surface area (TPSA) is 104 Å². The van der Waals surface area contributed by atoms with E-state index in [2.05, 4.69) is 36.4 Å². The highest BCUT2D eigenvalue weighted by Gasteiger charge is 2.55. The first-order chi connectivity index (χ1) is 14.9. The predicted molar refractivity (Wildman–Crippen MR) is 109 cm³/mol. The van der Waals surface area contributed by atoms with Gasteiger partial charge in [-0.2, -0.15) is 10.1 Å². The average Bonchev–Trinajstić information content (AvgIpc) is 3.44. The van der Waals surface area contributed by atoms with Crippen LogP contribution < -0.4 is 4.90 Å². The van der Waals surface area contributed by atoms with Crippen LogP contribution in [0.2, 0.25) is 0 Å². The molecule has 2 aromatic carbocycles. The third-order valence-corrected chi connectivity index (χ3v) is 5.67. The van der Waals surface area contributed by atoms with Crippen molar-refractivity contribution < 1.29 is 18.5 Å². The Morgan fingerprint density at radius 1 is 1.13 bits per heavy atom. The fourth-order valence-electron chi connectivity index (χ4n) is 3.50. The Morgan fingerprint density at radius 2 is 1.90 bits per heavy atom. The van der Waals surface area contributed by atoms with E-state index in [1.807, 2.05) is 24.3 Å². The van der Waals surface area contributed by atoms with Gasteiger partial charge in [0, 0.05) is 10.0 Å². The summed E-state index contributed by atoms with van der Waals surface area (Å²) in [6.07, 6.45) is 0. The van der Waals surface area contributed by atoms with Gasteiger partial charge in [-0.15, -0.1) is 0 Å². The molecule has 2 aliphatic heterocycles. The minimum atomic E-state index is -0.995. The van der Waals surface area contributed by atoms with Crippen molar-refractivity contribution in [2.24, 2.45) is 10.3 Å². The normalized spacial score (nSPS) is 20.1. The molecule has 3 aromatic rings. The van der Waals surface area contributed by atoms with Crippen LogP contribution in [0.25, 0.3) is 11.4 Å². The first kappa shape index (κ1) is 19.5. The Balaban J connectivity index is 1.36. The standard InChI is InChI=1S/C20H14BrFN6O3/c1-10-2-7-13(8-14(10)22)28-19(29)16-17(20(28)30)27(26-24-16)9-15-23-18(25-31-15)11-3-5-12(21)6-4-11/h2-8,16-17H,9H2,1H3/t16-,17+/m0/s1. The number of halogens is 2. The van der Waals surface area contributed by atoms with Gasteiger partial charge in [-0.25, -0.2) is 9.29 Å². The van der Waals surface area contributed by atoms with Gasteiger partial charge in [0.05, 0.1) is 5.69 Å². The van der Waals surface area contributed by atoms with Gasteiger partial charge in [0.15, 0.2) is 12.1 Å².